The molecule has 2 aromatic rings. The quantitative estimate of drug-likeness (QED) is 0.857. The summed E-state index contributed by atoms with van der Waals surface area (Å²) in [6, 6.07) is 6.24. The van der Waals surface area contributed by atoms with Gasteiger partial charge in [0.05, 0.1) is 12.3 Å². The molecule has 20 heavy (non-hydrogen) atoms. The number of carbonyl (C=O) groups excluding carboxylic acids is 1. The Morgan fingerprint density at radius 2 is 2.40 bits per heavy atom. The molecular weight excluding hydrogens is 270 g/mol. The molecule has 0 aromatic carbocycles. The van der Waals surface area contributed by atoms with Crippen molar-refractivity contribution in [3.63, 3.8) is 0 Å². The van der Waals surface area contributed by atoms with Crippen LogP contribution in [0.1, 0.15) is 42.0 Å². The SMILES string of the molecule is CCC1c2ccsc2CCN1C(=O)CCc1ccco1. The minimum atomic E-state index is 0.241. The standard InChI is InChI=1S/C16H19NO2S/c1-2-14-13-8-11-20-15(13)7-9-17(14)16(18)6-5-12-4-3-10-19-12/h3-4,8,10-11,14H,2,5-7,9H2,1H3. The van der Waals surface area contributed by atoms with E-state index in [1.807, 2.05) is 23.5 Å². The van der Waals surface area contributed by atoms with Gasteiger partial charge in [0.1, 0.15) is 5.76 Å². The highest BCUT2D eigenvalue weighted by molar-refractivity contribution is 7.10. The molecule has 3 nitrogen and oxygen atoms in total. The van der Waals surface area contributed by atoms with E-state index in [9.17, 15) is 4.79 Å². The molecule has 0 spiro atoms. The van der Waals surface area contributed by atoms with E-state index in [1.54, 1.807) is 6.26 Å². The maximum atomic E-state index is 12.5. The van der Waals surface area contributed by atoms with Crippen LogP contribution < -0.4 is 0 Å². The highest BCUT2D eigenvalue weighted by Crippen LogP contribution is 2.35. The first-order chi connectivity index (χ1) is 9.79. The lowest BCUT2D eigenvalue weighted by Crippen LogP contribution is -2.39. The highest BCUT2D eigenvalue weighted by Gasteiger charge is 2.29. The summed E-state index contributed by atoms with van der Waals surface area (Å²) in [5, 5.41) is 2.14. The molecule has 3 heterocycles. The van der Waals surface area contributed by atoms with Crippen LogP contribution in [0.4, 0.5) is 0 Å². The third-order valence-electron chi connectivity index (χ3n) is 3.97. The summed E-state index contributed by atoms with van der Waals surface area (Å²) in [5.74, 6) is 1.13. The number of aryl methyl sites for hydroxylation is 1. The van der Waals surface area contributed by atoms with Crippen molar-refractivity contribution in [3.8, 4) is 0 Å². The first-order valence-electron chi connectivity index (χ1n) is 7.17. The van der Waals surface area contributed by atoms with Gasteiger partial charge >= 0.3 is 0 Å². The van der Waals surface area contributed by atoms with Crippen molar-refractivity contribution < 1.29 is 9.21 Å². The molecule has 1 atom stereocenters. The van der Waals surface area contributed by atoms with Gasteiger partial charge in [0, 0.05) is 24.3 Å². The molecule has 0 radical (unpaired) electrons. The first kappa shape index (κ1) is 13.4. The molecule has 1 aliphatic rings. The van der Waals surface area contributed by atoms with Crippen molar-refractivity contribution in [2.24, 2.45) is 0 Å². The molecule has 3 rings (SSSR count). The Bertz CT molecular complexity index is 573. The predicted octanol–water partition coefficient (Wildman–Crippen LogP) is 3.81. The Morgan fingerprint density at radius 1 is 1.50 bits per heavy atom. The molecule has 0 aliphatic carbocycles. The number of hydrogen-bond donors (Lipinski definition) is 0. The third-order valence-corrected chi connectivity index (χ3v) is 4.96. The largest absolute Gasteiger partial charge is 0.469 e. The molecular formula is C16H19NO2S. The Morgan fingerprint density at radius 3 is 3.15 bits per heavy atom. The van der Waals surface area contributed by atoms with Gasteiger partial charge in [-0.25, -0.2) is 0 Å². The Hall–Kier alpha value is -1.55. The number of fused-ring (bicyclic) bond motifs is 1. The van der Waals surface area contributed by atoms with Gasteiger partial charge in [0.15, 0.2) is 0 Å². The summed E-state index contributed by atoms with van der Waals surface area (Å²) in [7, 11) is 0. The maximum absolute atomic E-state index is 12.5. The van der Waals surface area contributed by atoms with Gasteiger partial charge in [-0.05, 0) is 42.0 Å². The van der Waals surface area contributed by atoms with Crippen LogP contribution in [0, 0.1) is 0 Å². The van der Waals surface area contributed by atoms with Gasteiger partial charge in [-0.2, -0.15) is 0 Å². The number of carbonyl (C=O) groups is 1. The summed E-state index contributed by atoms with van der Waals surface area (Å²) >= 11 is 1.82. The number of rotatable bonds is 4. The normalized spacial score (nSPS) is 18.1. The van der Waals surface area contributed by atoms with Gasteiger partial charge in [-0.1, -0.05) is 6.92 Å². The molecule has 0 saturated heterocycles. The zero-order valence-corrected chi connectivity index (χ0v) is 12.5. The lowest BCUT2D eigenvalue weighted by atomic mass is 9.97. The van der Waals surface area contributed by atoms with Crippen molar-refractivity contribution in [2.75, 3.05) is 6.54 Å². The van der Waals surface area contributed by atoms with Crippen molar-refractivity contribution >= 4 is 17.2 Å². The molecule has 1 amide bonds. The second kappa shape index (κ2) is 5.83. The number of thiophene rings is 1. The number of hydrogen-bond acceptors (Lipinski definition) is 3. The van der Waals surface area contributed by atoms with Crippen LogP contribution in [-0.4, -0.2) is 17.4 Å². The molecule has 0 N–H and O–H groups in total. The van der Waals surface area contributed by atoms with Gasteiger partial charge in [-0.3, -0.25) is 4.79 Å². The average Bonchev–Trinajstić information content (AvgIpc) is 3.14. The van der Waals surface area contributed by atoms with Crippen molar-refractivity contribution in [3.05, 3.63) is 46.0 Å². The highest BCUT2D eigenvalue weighted by atomic mass is 32.1. The Balaban J connectivity index is 1.68. The van der Waals surface area contributed by atoms with E-state index in [2.05, 4.69) is 23.3 Å². The monoisotopic (exact) mass is 289 g/mol. The predicted molar refractivity (Wildman–Crippen MR) is 79.8 cm³/mol. The molecule has 0 saturated carbocycles. The van der Waals surface area contributed by atoms with Gasteiger partial charge in [0.2, 0.25) is 5.91 Å². The van der Waals surface area contributed by atoms with E-state index in [0.717, 1.165) is 25.1 Å². The molecule has 1 unspecified atom stereocenters. The fraction of sp³-hybridized carbons (Fsp3) is 0.438. The summed E-state index contributed by atoms with van der Waals surface area (Å²) < 4.78 is 5.30. The minimum Gasteiger partial charge on any atom is -0.469 e. The topological polar surface area (TPSA) is 33.5 Å². The Kier molecular flexibility index (Phi) is 3.92. The maximum Gasteiger partial charge on any atom is 0.223 e. The molecule has 0 fully saturated rings. The number of nitrogens with zero attached hydrogens (tertiary/aromatic N) is 1. The van der Waals surface area contributed by atoms with Crippen LogP contribution in [0.25, 0.3) is 0 Å². The van der Waals surface area contributed by atoms with Crippen LogP contribution in [0.5, 0.6) is 0 Å². The number of amides is 1. The van der Waals surface area contributed by atoms with Crippen LogP contribution in [0.15, 0.2) is 34.3 Å². The summed E-state index contributed by atoms with van der Waals surface area (Å²) in [6.45, 7) is 3.01. The Labute approximate surface area is 123 Å². The second-order valence-electron chi connectivity index (χ2n) is 5.14. The fourth-order valence-corrected chi connectivity index (χ4v) is 3.89. The zero-order chi connectivity index (χ0) is 13.9. The lowest BCUT2D eigenvalue weighted by Gasteiger charge is -2.35. The van der Waals surface area contributed by atoms with Gasteiger partial charge < -0.3 is 9.32 Å². The lowest BCUT2D eigenvalue weighted by molar-refractivity contribution is -0.134. The molecule has 1 aliphatic heterocycles. The molecule has 0 bridgehead atoms. The molecule has 106 valence electrons. The second-order valence-corrected chi connectivity index (χ2v) is 6.14. The number of furan rings is 1. The average molecular weight is 289 g/mol. The van der Waals surface area contributed by atoms with Gasteiger partial charge in [0.25, 0.3) is 0 Å². The van der Waals surface area contributed by atoms with Crippen molar-refractivity contribution in [2.45, 2.75) is 38.6 Å². The third kappa shape index (κ3) is 2.52. The molecule has 2 aromatic heterocycles. The van der Waals surface area contributed by atoms with E-state index in [1.165, 1.54) is 10.4 Å². The van der Waals surface area contributed by atoms with E-state index in [0.29, 0.717) is 12.8 Å². The summed E-state index contributed by atoms with van der Waals surface area (Å²) in [4.78, 5) is 16.0. The van der Waals surface area contributed by atoms with Crippen molar-refractivity contribution in [1.29, 1.82) is 0 Å². The van der Waals surface area contributed by atoms with Crippen LogP contribution in [0.3, 0.4) is 0 Å². The zero-order valence-electron chi connectivity index (χ0n) is 11.7. The van der Waals surface area contributed by atoms with E-state index >= 15 is 0 Å². The van der Waals surface area contributed by atoms with Crippen LogP contribution in [0.2, 0.25) is 0 Å². The smallest absolute Gasteiger partial charge is 0.223 e. The van der Waals surface area contributed by atoms with Crippen molar-refractivity contribution in [1.82, 2.24) is 4.90 Å². The fourth-order valence-electron chi connectivity index (χ4n) is 2.96. The summed E-state index contributed by atoms with van der Waals surface area (Å²) in [6.07, 6.45) is 4.86. The van der Waals surface area contributed by atoms with Crippen LogP contribution >= 0.6 is 11.3 Å². The summed E-state index contributed by atoms with van der Waals surface area (Å²) in [5.41, 5.74) is 1.36. The van der Waals surface area contributed by atoms with E-state index in [-0.39, 0.29) is 11.9 Å². The van der Waals surface area contributed by atoms with E-state index in [4.69, 9.17) is 4.42 Å². The first-order valence-corrected chi connectivity index (χ1v) is 8.05. The van der Waals surface area contributed by atoms with Gasteiger partial charge in [-0.15, -0.1) is 11.3 Å². The molecule has 4 heteroatoms. The van der Waals surface area contributed by atoms with E-state index < -0.39 is 0 Å². The minimum absolute atomic E-state index is 0.241. The van der Waals surface area contributed by atoms with Crippen LogP contribution in [-0.2, 0) is 17.6 Å².